The molecule has 1 amide bonds. The van der Waals surface area contributed by atoms with Gasteiger partial charge in [-0.3, -0.25) is 4.79 Å². The molecule has 0 bridgehead atoms. The minimum absolute atomic E-state index is 0.145. The predicted molar refractivity (Wildman–Crippen MR) is 68.5 cm³/mol. The first kappa shape index (κ1) is 14.7. The monoisotopic (exact) mass is 271 g/mol. The number of amides is 1. The standard InChI is InChI=1S/C12H17NO4S/c1-2-17-8-4-7-13-12(14)10-5-3-6-11(9-10)18(15)16/h3,5-6,9,18H,2,4,7-8H2,1H3,(H,13,14). The molecule has 1 aromatic carbocycles. The highest BCUT2D eigenvalue weighted by Gasteiger charge is 2.06. The van der Waals surface area contributed by atoms with Crippen LogP contribution in [0.15, 0.2) is 29.2 Å². The minimum atomic E-state index is -2.66. The van der Waals surface area contributed by atoms with Crippen LogP contribution in [0, 0.1) is 0 Å². The Bertz CT molecular complexity index is 463. The molecule has 100 valence electrons. The smallest absolute Gasteiger partial charge is 0.251 e. The number of hydrogen-bond donors (Lipinski definition) is 2. The van der Waals surface area contributed by atoms with Crippen LogP contribution in [0.25, 0.3) is 0 Å². The molecule has 6 heteroatoms. The van der Waals surface area contributed by atoms with Crippen LogP contribution in [-0.2, 0) is 15.4 Å². The summed E-state index contributed by atoms with van der Waals surface area (Å²) in [6.45, 7) is 3.68. The van der Waals surface area contributed by atoms with Crippen LogP contribution in [0.3, 0.4) is 0 Å². The molecule has 5 nitrogen and oxygen atoms in total. The normalized spacial score (nSPS) is 10.6. The molecular weight excluding hydrogens is 254 g/mol. The van der Waals surface area contributed by atoms with Crippen LogP contribution in [-0.4, -0.2) is 34.1 Å². The van der Waals surface area contributed by atoms with Crippen LogP contribution >= 0.6 is 0 Å². The number of rotatable bonds is 7. The van der Waals surface area contributed by atoms with Gasteiger partial charge in [-0.05, 0) is 31.5 Å². The van der Waals surface area contributed by atoms with E-state index in [9.17, 15) is 13.2 Å². The van der Waals surface area contributed by atoms with Crippen LogP contribution < -0.4 is 5.32 Å². The molecule has 1 aromatic rings. The second kappa shape index (κ2) is 7.84. The summed E-state index contributed by atoms with van der Waals surface area (Å²) in [5.74, 6) is -0.273. The van der Waals surface area contributed by atoms with Gasteiger partial charge in [0.05, 0.1) is 4.90 Å². The van der Waals surface area contributed by atoms with Crippen LogP contribution in [0.4, 0.5) is 0 Å². The van der Waals surface area contributed by atoms with E-state index in [0.29, 0.717) is 25.3 Å². The molecule has 18 heavy (non-hydrogen) atoms. The molecule has 0 spiro atoms. The first-order valence-electron chi connectivity index (χ1n) is 5.75. The summed E-state index contributed by atoms with van der Waals surface area (Å²) in [5.41, 5.74) is 0.350. The highest BCUT2D eigenvalue weighted by molar-refractivity contribution is 7.72. The summed E-state index contributed by atoms with van der Waals surface area (Å²) in [7, 11) is -2.66. The lowest BCUT2D eigenvalue weighted by Gasteiger charge is -2.05. The Morgan fingerprint density at radius 3 is 2.83 bits per heavy atom. The summed E-state index contributed by atoms with van der Waals surface area (Å²) in [6, 6.07) is 5.96. The number of ether oxygens (including phenoxy) is 1. The van der Waals surface area contributed by atoms with Gasteiger partial charge in [0.2, 0.25) is 0 Å². The highest BCUT2D eigenvalue weighted by atomic mass is 32.2. The first-order chi connectivity index (χ1) is 8.65. The summed E-state index contributed by atoms with van der Waals surface area (Å²) in [4.78, 5) is 11.8. The number of benzene rings is 1. The van der Waals surface area contributed by atoms with Crippen LogP contribution in [0.5, 0.6) is 0 Å². The van der Waals surface area contributed by atoms with E-state index < -0.39 is 10.7 Å². The van der Waals surface area contributed by atoms with Crippen molar-refractivity contribution >= 4 is 16.6 Å². The molecule has 0 unspecified atom stereocenters. The summed E-state index contributed by atoms with van der Waals surface area (Å²) >= 11 is 0. The third-order valence-electron chi connectivity index (χ3n) is 2.27. The molecule has 0 saturated heterocycles. The van der Waals surface area contributed by atoms with Crippen molar-refractivity contribution in [3.05, 3.63) is 29.8 Å². The summed E-state index contributed by atoms with van der Waals surface area (Å²) in [5, 5.41) is 2.71. The largest absolute Gasteiger partial charge is 0.382 e. The fourth-order valence-corrected chi connectivity index (χ4v) is 1.84. The maximum Gasteiger partial charge on any atom is 0.251 e. The van der Waals surface area contributed by atoms with Gasteiger partial charge < -0.3 is 10.1 Å². The number of carbonyl (C=O) groups excluding carboxylic acids is 1. The lowest BCUT2D eigenvalue weighted by molar-refractivity contribution is 0.0944. The topological polar surface area (TPSA) is 72.5 Å². The van der Waals surface area contributed by atoms with E-state index in [1.54, 1.807) is 12.1 Å². The van der Waals surface area contributed by atoms with Crippen molar-refractivity contribution in [2.45, 2.75) is 18.2 Å². The average Bonchev–Trinajstić information content (AvgIpc) is 2.38. The molecular formula is C12H17NO4S. The molecule has 0 atom stereocenters. The van der Waals surface area contributed by atoms with Gasteiger partial charge in [-0.2, -0.15) is 0 Å². The van der Waals surface area contributed by atoms with Crippen molar-refractivity contribution in [1.82, 2.24) is 5.32 Å². The zero-order chi connectivity index (χ0) is 13.4. The zero-order valence-electron chi connectivity index (χ0n) is 10.2. The van der Waals surface area contributed by atoms with Gasteiger partial charge in [0, 0.05) is 25.3 Å². The van der Waals surface area contributed by atoms with Crippen molar-refractivity contribution in [3.8, 4) is 0 Å². The van der Waals surface area contributed by atoms with E-state index in [1.807, 2.05) is 6.92 Å². The molecule has 1 N–H and O–H groups in total. The SMILES string of the molecule is CCOCCCNC(=O)c1cccc([SH](=O)=O)c1. The summed E-state index contributed by atoms with van der Waals surface area (Å²) < 4.78 is 26.7. The Kier molecular flexibility index (Phi) is 6.38. The van der Waals surface area contributed by atoms with E-state index in [2.05, 4.69) is 5.32 Å². The highest BCUT2D eigenvalue weighted by Crippen LogP contribution is 2.06. The quantitative estimate of drug-likeness (QED) is 0.569. The average molecular weight is 271 g/mol. The Balaban J connectivity index is 2.49. The maximum atomic E-state index is 11.7. The molecule has 0 saturated carbocycles. The fraction of sp³-hybridized carbons (Fsp3) is 0.417. The van der Waals surface area contributed by atoms with Gasteiger partial charge in [-0.15, -0.1) is 0 Å². The molecule has 1 rings (SSSR count). The number of thiol groups is 1. The Morgan fingerprint density at radius 2 is 2.17 bits per heavy atom. The summed E-state index contributed by atoms with van der Waals surface area (Å²) in [6.07, 6.45) is 0.731. The van der Waals surface area contributed by atoms with Crippen molar-refractivity contribution < 1.29 is 17.9 Å². The predicted octanol–water partition coefficient (Wildman–Crippen LogP) is 0.813. The molecule has 0 aliphatic rings. The Labute approximate surface area is 108 Å². The van der Waals surface area contributed by atoms with Gasteiger partial charge in [-0.25, -0.2) is 8.42 Å². The Hall–Kier alpha value is -1.40. The van der Waals surface area contributed by atoms with Gasteiger partial charge in [-0.1, -0.05) is 6.07 Å². The lowest BCUT2D eigenvalue weighted by atomic mass is 10.2. The second-order valence-corrected chi connectivity index (χ2v) is 4.64. The third kappa shape index (κ3) is 4.85. The fourth-order valence-electron chi connectivity index (χ4n) is 1.38. The third-order valence-corrected chi connectivity index (χ3v) is 2.97. The van der Waals surface area contributed by atoms with Crippen molar-refractivity contribution in [3.63, 3.8) is 0 Å². The molecule has 0 aliphatic carbocycles. The van der Waals surface area contributed by atoms with Crippen molar-refractivity contribution in [2.75, 3.05) is 19.8 Å². The van der Waals surface area contributed by atoms with E-state index in [-0.39, 0.29) is 10.8 Å². The van der Waals surface area contributed by atoms with E-state index in [1.165, 1.54) is 12.1 Å². The maximum absolute atomic E-state index is 11.7. The second-order valence-electron chi connectivity index (χ2n) is 3.61. The minimum Gasteiger partial charge on any atom is -0.382 e. The van der Waals surface area contributed by atoms with Gasteiger partial charge in [0.15, 0.2) is 10.7 Å². The van der Waals surface area contributed by atoms with Gasteiger partial charge >= 0.3 is 0 Å². The molecule has 0 aromatic heterocycles. The van der Waals surface area contributed by atoms with E-state index in [4.69, 9.17) is 4.74 Å². The number of nitrogens with one attached hydrogen (secondary N) is 1. The molecule has 0 fully saturated rings. The zero-order valence-corrected chi connectivity index (χ0v) is 11.1. The molecule has 0 heterocycles. The number of hydrogen-bond acceptors (Lipinski definition) is 4. The lowest BCUT2D eigenvalue weighted by Crippen LogP contribution is -2.25. The van der Waals surface area contributed by atoms with Gasteiger partial charge in [0.25, 0.3) is 5.91 Å². The van der Waals surface area contributed by atoms with Crippen LogP contribution in [0.1, 0.15) is 23.7 Å². The first-order valence-corrected chi connectivity index (χ1v) is 6.93. The Morgan fingerprint density at radius 1 is 1.39 bits per heavy atom. The van der Waals surface area contributed by atoms with Crippen molar-refractivity contribution in [2.24, 2.45) is 0 Å². The number of carbonyl (C=O) groups is 1. The molecule has 0 radical (unpaired) electrons. The van der Waals surface area contributed by atoms with E-state index >= 15 is 0 Å². The van der Waals surface area contributed by atoms with E-state index in [0.717, 1.165) is 6.42 Å². The molecule has 0 aliphatic heterocycles. The van der Waals surface area contributed by atoms with Crippen molar-refractivity contribution in [1.29, 1.82) is 0 Å². The van der Waals surface area contributed by atoms with Crippen LogP contribution in [0.2, 0.25) is 0 Å². The van der Waals surface area contributed by atoms with Gasteiger partial charge in [0.1, 0.15) is 0 Å².